The van der Waals surface area contributed by atoms with E-state index in [1.54, 1.807) is 0 Å². The number of hydrazone groups is 1. The van der Waals surface area contributed by atoms with Crippen LogP contribution in [0.1, 0.15) is 37.0 Å². The van der Waals surface area contributed by atoms with Crippen LogP contribution in [0, 0.1) is 12.8 Å². The average molecular weight is 345 g/mol. The molecule has 1 N–H and O–H groups in total. The Morgan fingerprint density at radius 2 is 2.04 bits per heavy atom. The Morgan fingerprint density at radius 1 is 1.33 bits per heavy atom. The molecule has 1 aromatic heterocycles. The highest BCUT2D eigenvalue weighted by Gasteiger charge is 2.06. The predicted octanol–water partition coefficient (Wildman–Crippen LogP) is 3.57. The number of aromatic nitrogens is 1. The maximum Gasteiger partial charge on any atom is 0.246 e. The van der Waals surface area contributed by atoms with Crippen molar-refractivity contribution in [2.75, 3.05) is 6.61 Å². The number of benzene rings is 1. The molecule has 0 saturated carbocycles. The first-order valence-corrected chi connectivity index (χ1v) is 8.79. The van der Waals surface area contributed by atoms with E-state index in [0.29, 0.717) is 12.5 Å². The van der Waals surface area contributed by atoms with Gasteiger partial charge in [0, 0.05) is 11.1 Å². The summed E-state index contributed by atoms with van der Waals surface area (Å²) >= 11 is 1.48. The zero-order valence-corrected chi connectivity index (χ0v) is 15.3. The van der Waals surface area contributed by atoms with Crippen molar-refractivity contribution >= 4 is 23.0 Å². The smallest absolute Gasteiger partial charge is 0.246 e. The van der Waals surface area contributed by atoms with Crippen LogP contribution in [0.5, 0.6) is 5.75 Å². The molecule has 0 unspecified atom stereocenters. The molecule has 128 valence electrons. The third-order valence-electron chi connectivity index (χ3n) is 3.18. The highest BCUT2D eigenvalue weighted by molar-refractivity contribution is 7.09. The molecular formula is C18H23N3O2S. The number of carbonyl (C=O) groups excluding carboxylic acids is 1. The molecule has 2 rings (SSSR count). The van der Waals surface area contributed by atoms with Crippen molar-refractivity contribution in [2.24, 2.45) is 11.0 Å². The van der Waals surface area contributed by atoms with Gasteiger partial charge < -0.3 is 4.74 Å². The Kier molecular flexibility index (Phi) is 6.49. The van der Waals surface area contributed by atoms with Crippen LogP contribution in [0.25, 0.3) is 0 Å². The van der Waals surface area contributed by atoms with Gasteiger partial charge >= 0.3 is 0 Å². The van der Waals surface area contributed by atoms with E-state index in [-0.39, 0.29) is 12.3 Å². The monoisotopic (exact) mass is 345 g/mol. The van der Waals surface area contributed by atoms with E-state index in [1.807, 2.05) is 43.5 Å². The molecule has 0 saturated heterocycles. The Bertz CT molecular complexity index is 705. The van der Waals surface area contributed by atoms with Gasteiger partial charge in [-0.05, 0) is 49.6 Å². The molecule has 0 spiro atoms. The van der Waals surface area contributed by atoms with Crippen LogP contribution in [0.2, 0.25) is 0 Å². The third-order valence-corrected chi connectivity index (χ3v) is 4.15. The normalized spacial score (nSPS) is 11.6. The fourth-order valence-corrected chi connectivity index (χ4v) is 2.70. The summed E-state index contributed by atoms with van der Waals surface area (Å²) in [7, 11) is 0. The van der Waals surface area contributed by atoms with Gasteiger partial charge in [0.25, 0.3) is 0 Å². The quantitative estimate of drug-likeness (QED) is 0.616. The molecule has 24 heavy (non-hydrogen) atoms. The average Bonchev–Trinajstić information content (AvgIpc) is 2.96. The Balaban J connectivity index is 1.89. The number of ether oxygens (including phenoxy) is 1. The molecule has 0 fully saturated rings. The van der Waals surface area contributed by atoms with E-state index in [1.165, 1.54) is 11.3 Å². The fraction of sp³-hybridized carbons (Fsp3) is 0.389. The molecule has 0 aliphatic carbocycles. The Labute approximate surface area is 146 Å². The number of thiazole rings is 1. The topological polar surface area (TPSA) is 63.6 Å². The number of hydrogen-bond acceptors (Lipinski definition) is 5. The molecule has 0 bridgehead atoms. The molecule has 1 aromatic carbocycles. The molecule has 0 aliphatic heterocycles. The lowest BCUT2D eigenvalue weighted by Crippen LogP contribution is -2.21. The first kappa shape index (κ1) is 18.1. The molecule has 1 amide bonds. The number of carbonyl (C=O) groups is 1. The van der Waals surface area contributed by atoms with E-state index in [2.05, 4.69) is 29.4 Å². The molecule has 6 heteroatoms. The third kappa shape index (κ3) is 5.77. The largest absolute Gasteiger partial charge is 0.493 e. The number of aryl methyl sites for hydroxylation is 1. The van der Waals surface area contributed by atoms with Crippen LogP contribution in [0.3, 0.4) is 0 Å². The van der Waals surface area contributed by atoms with Crippen LogP contribution < -0.4 is 10.2 Å². The summed E-state index contributed by atoms with van der Waals surface area (Å²) < 4.78 is 5.65. The molecule has 5 nitrogen and oxygen atoms in total. The highest BCUT2D eigenvalue weighted by Crippen LogP contribution is 2.14. The van der Waals surface area contributed by atoms with E-state index in [0.717, 1.165) is 27.7 Å². The van der Waals surface area contributed by atoms with Crippen LogP contribution in [-0.4, -0.2) is 23.2 Å². The Hall–Kier alpha value is -2.21. The minimum atomic E-state index is -0.166. The zero-order valence-electron chi connectivity index (χ0n) is 14.5. The van der Waals surface area contributed by atoms with Gasteiger partial charge in [0.2, 0.25) is 5.91 Å². The lowest BCUT2D eigenvalue weighted by Gasteiger charge is -2.09. The second-order valence-corrected chi connectivity index (χ2v) is 6.96. The maximum atomic E-state index is 11.9. The van der Waals surface area contributed by atoms with Crippen molar-refractivity contribution in [3.05, 3.63) is 45.9 Å². The summed E-state index contributed by atoms with van der Waals surface area (Å²) in [4.78, 5) is 16.2. The number of nitrogens with zero attached hydrogens (tertiary/aromatic N) is 2. The number of hydrogen-bond donors (Lipinski definition) is 1. The van der Waals surface area contributed by atoms with Crippen LogP contribution >= 0.6 is 11.3 Å². The lowest BCUT2D eigenvalue weighted by atomic mass is 10.1. The number of amides is 1. The molecule has 0 radical (unpaired) electrons. The first-order chi connectivity index (χ1) is 11.4. The maximum absolute atomic E-state index is 11.9. The standard InChI is InChI=1S/C18H23N3O2S/c1-12(2)10-23-16-7-5-15(6-8-16)14(4)20-21-17(22)9-18-19-13(3)11-24-18/h5-8,11-12H,9-10H2,1-4H3,(H,21,22)/b20-14-. The fourth-order valence-electron chi connectivity index (χ4n) is 1.93. The molecule has 0 aliphatic rings. The van der Waals surface area contributed by atoms with E-state index >= 15 is 0 Å². The molecular weight excluding hydrogens is 322 g/mol. The van der Waals surface area contributed by atoms with Crippen molar-refractivity contribution in [3.63, 3.8) is 0 Å². The first-order valence-electron chi connectivity index (χ1n) is 7.91. The van der Waals surface area contributed by atoms with Crippen molar-refractivity contribution < 1.29 is 9.53 Å². The number of rotatable bonds is 7. The minimum Gasteiger partial charge on any atom is -0.493 e. The summed E-state index contributed by atoms with van der Waals surface area (Å²) in [6, 6.07) is 7.70. The van der Waals surface area contributed by atoms with Gasteiger partial charge in [0.15, 0.2) is 0 Å². The van der Waals surface area contributed by atoms with Gasteiger partial charge in [-0.25, -0.2) is 10.4 Å². The summed E-state index contributed by atoms with van der Waals surface area (Å²) in [6.07, 6.45) is 0.247. The van der Waals surface area contributed by atoms with Gasteiger partial charge in [-0.1, -0.05) is 13.8 Å². The van der Waals surface area contributed by atoms with Gasteiger partial charge in [-0.2, -0.15) is 5.10 Å². The summed E-state index contributed by atoms with van der Waals surface area (Å²) in [5.41, 5.74) is 5.20. The molecule has 1 heterocycles. The second-order valence-electron chi connectivity index (χ2n) is 6.02. The zero-order chi connectivity index (χ0) is 17.5. The van der Waals surface area contributed by atoms with Crippen LogP contribution in [0.15, 0.2) is 34.7 Å². The van der Waals surface area contributed by atoms with Crippen molar-refractivity contribution in [2.45, 2.75) is 34.1 Å². The van der Waals surface area contributed by atoms with Gasteiger partial charge in [0.05, 0.1) is 18.7 Å². The van der Waals surface area contributed by atoms with Gasteiger partial charge in [0.1, 0.15) is 10.8 Å². The van der Waals surface area contributed by atoms with E-state index < -0.39 is 0 Å². The summed E-state index contributed by atoms with van der Waals surface area (Å²) in [5.74, 6) is 1.16. The van der Waals surface area contributed by atoms with Crippen molar-refractivity contribution in [1.82, 2.24) is 10.4 Å². The van der Waals surface area contributed by atoms with Gasteiger partial charge in [-0.3, -0.25) is 4.79 Å². The highest BCUT2D eigenvalue weighted by atomic mass is 32.1. The SMILES string of the molecule is C/C(=N/NC(=O)Cc1nc(C)cs1)c1ccc(OCC(C)C)cc1. The lowest BCUT2D eigenvalue weighted by molar-refractivity contribution is -0.120. The number of nitrogens with one attached hydrogen (secondary N) is 1. The van der Waals surface area contributed by atoms with E-state index in [9.17, 15) is 4.79 Å². The van der Waals surface area contributed by atoms with Crippen molar-refractivity contribution in [3.8, 4) is 5.75 Å². The summed E-state index contributed by atoms with van der Waals surface area (Å²) in [6.45, 7) is 8.69. The Morgan fingerprint density at radius 3 is 2.62 bits per heavy atom. The van der Waals surface area contributed by atoms with Gasteiger partial charge in [-0.15, -0.1) is 11.3 Å². The van der Waals surface area contributed by atoms with Crippen LogP contribution in [0.4, 0.5) is 0 Å². The minimum absolute atomic E-state index is 0.166. The van der Waals surface area contributed by atoms with E-state index in [4.69, 9.17) is 4.74 Å². The van der Waals surface area contributed by atoms with Crippen LogP contribution in [-0.2, 0) is 11.2 Å². The molecule has 0 atom stereocenters. The van der Waals surface area contributed by atoms with Crippen molar-refractivity contribution in [1.29, 1.82) is 0 Å². The molecule has 2 aromatic rings. The summed E-state index contributed by atoms with van der Waals surface area (Å²) in [5, 5.41) is 6.88. The second kappa shape index (κ2) is 8.59. The predicted molar refractivity (Wildman–Crippen MR) is 97.7 cm³/mol.